The molecule has 3 rings (SSSR count). The van der Waals surface area contributed by atoms with E-state index in [1.165, 1.54) is 18.4 Å². The van der Waals surface area contributed by atoms with Crippen molar-refractivity contribution in [1.29, 1.82) is 0 Å². The zero-order chi connectivity index (χ0) is 11.2. The molecule has 0 aromatic heterocycles. The molecule has 0 spiro atoms. The third-order valence-electron chi connectivity index (χ3n) is 3.17. The van der Waals surface area contributed by atoms with Crippen molar-refractivity contribution in [1.82, 2.24) is 0 Å². The van der Waals surface area contributed by atoms with Gasteiger partial charge in [0.2, 0.25) is 0 Å². The zero-order valence-electron chi connectivity index (χ0n) is 9.08. The van der Waals surface area contributed by atoms with Crippen LogP contribution >= 0.6 is 15.9 Å². The van der Waals surface area contributed by atoms with Gasteiger partial charge in [-0.1, -0.05) is 6.07 Å². The van der Waals surface area contributed by atoms with Crippen molar-refractivity contribution >= 4 is 15.9 Å². The molecule has 3 heteroatoms. The Hall–Kier alpha value is -0.540. The molecular formula is C13H15BrO2. The van der Waals surface area contributed by atoms with E-state index in [1.54, 1.807) is 0 Å². The minimum atomic E-state index is -0.418. The first-order chi connectivity index (χ1) is 7.65. The number of rotatable bonds is 4. The highest BCUT2D eigenvalue weighted by Crippen LogP contribution is 2.39. The highest BCUT2D eigenvalue weighted by molar-refractivity contribution is 9.10. The molecule has 0 heterocycles. The van der Waals surface area contributed by atoms with Gasteiger partial charge in [0.25, 0.3) is 0 Å². The molecule has 16 heavy (non-hydrogen) atoms. The Morgan fingerprint density at radius 2 is 2.12 bits per heavy atom. The van der Waals surface area contributed by atoms with Crippen molar-refractivity contribution in [2.75, 3.05) is 0 Å². The van der Waals surface area contributed by atoms with E-state index in [0.717, 1.165) is 29.5 Å². The molecule has 0 aliphatic heterocycles. The van der Waals surface area contributed by atoms with Gasteiger partial charge in [0, 0.05) is 6.42 Å². The average molecular weight is 283 g/mol. The van der Waals surface area contributed by atoms with E-state index in [9.17, 15) is 5.11 Å². The summed E-state index contributed by atoms with van der Waals surface area (Å²) < 4.78 is 6.75. The molecule has 2 nitrogen and oxygen atoms in total. The minimum absolute atomic E-state index is 0.418. The second kappa shape index (κ2) is 3.74. The summed E-state index contributed by atoms with van der Waals surface area (Å²) in [4.78, 5) is 0. The predicted octanol–water partition coefficient (Wildman–Crippen LogP) is 3.06. The fraction of sp³-hybridized carbons (Fsp3) is 0.538. The maximum atomic E-state index is 9.85. The summed E-state index contributed by atoms with van der Waals surface area (Å²) in [6.07, 6.45) is 5.40. The van der Waals surface area contributed by atoms with E-state index in [0.29, 0.717) is 6.10 Å². The van der Waals surface area contributed by atoms with Gasteiger partial charge in [0.1, 0.15) is 5.75 Å². The Morgan fingerprint density at radius 1 is 1.38 bits per heavy atom. The molecule has 0 amide bonds. The first kappa shape index (κ1) is 10.6. The fourth-order valence-electron chi connectivity index (χ4n) is 1.82. The highest BCUT2D eigenvalue weighted by Gasteiger charge is 2.40. The second-order valence-electron chi connectivity index (χ2n) is 4.98. The smallest absolute Gasteiger partial charge is 0.133 e. The van der Waals surface area contributed by atoms with Crippen LogP contribution in [0.3, 0.4) is 0 Å². The summed E-state index contributed by atoms with van der Waals surface area (Å²) in [7, 11) is 0. The van der Waals surface area contributed by atoms with Crippen molar-refractivity contribution in [3.63, 3.8) is 0 Å². The molecule has 86 valence electrons. The molecule has 2 aliphatic carbocycles. The van der Waals surface area contributed by atoms with Crippen LogP contribution in [0.15, 0.2) is 22.7 Å². The van der Waals surface area contributed by atoms with Gasteiger partial charge in [-0.15, -0.1) is 0 Å². The van der Waals surface area contributed by atoms with Gasteiger partial charge in [-0.3, -0.25) is 0 Å². The van der Waals surface area contributed by atoms with Crippen LogP contribution in [0.1, 0.15) is 31.2 Å². The van der Waals surface area contributed by atoms with Gasteiger partial charge in [-0.25, -0.2) is 0 Å². The van der Waals surface area contributed by atoms with E-state index >= 15 is 0 Å². The van der Waals surface area contributed by atoms with Gasteiger partial charge in [-0.05, 0) is 59.3 Å². The number of hydrogen-bond donors (Lipinski definition) is 1. The van der Waals surface area contributed by atoms with E-state index in [4.69, 9.17) is 4.74 Å². The normalized spacial score (nSPS) is 21.9. The molecular weight excluding hydrogens is 268 g/mol. The summed E-state index contributed by atoms with van der Waals surface area (Å²) in [5.41, 5.74) is 0.758. The quantitative estimate of drug-likeness (QED) is 0.920. The third-order valence-corrected chi connectivity index (χ3v) is 3.79. The zero-order valence-corrected chi connectivity index (χ0v) is 10.7. The molecule has 0 bridgehead atoms. The van der Waals surface area contributed by atoms with Crippen molar-refractivity contribution in [3.8, 4) is 5.75 Å². The molecule has 0 unspecified atom stereocenters. The van der Waals surface area contributed by atoms with Crippen molar-refractivity contribution in [2.24, 2.45) is 0 Å². The van der Waals surface area contributed by atoms with Crippen LogP contribution < -0.4 is 4.74 Å². The van der Waals surface area contributed by atoms with Gasteiger partial charge < -0.3 is 9.84 Å². The summed E-state index contributed by atoms with van der Waals surface area (Å²) in [5, 5.41) is 9.85. The van der Waals surface area contributed by atoms with Crippen LogP contribution in [0.5, 0.6) is 5.75 Å². The van der Waals surface area contributed by atoms with Crippen LogP contribution in [0.2, 0.25) is 0 Å². The topological polar surface area (TPSA) is 29.5 Å². The number of benzene rings is 1. The summed E-state index contributed by atoms with van der Waals surface area (Å²) in [5.74, 6) is 0.925. The molecule has 0 atom stereocenters. The first-order valence-corrected chi connectivity index (χ1v) is 6.61. The lowest BCUT2D eigenvalue weighted by atomic mass is 10.1. The Morgan fingerprint density at radius 3 is 2.69 bits per heavy atom. The number of halogens is 1. The van der Waals surface area contributed by atoms with Crippen molar-refractivity contribution in [3.05, 3.63) is 28.2 Å². The third kappa shape index (κ3) is 2.41. The molecule has 1 N–H and O–H groups in total. The van der Waals surface area contributed by atoms with Crippen molar-refractivity contribution < 1.29 is 9.84 Å². The van der Waals surface area contributed by atoms with Gasteiger partial charge in [0.15, 0.2) is 0 Å². The monoisotopic (exact) mass is 282 g/mol. The van der Waals surface area contributed by atoms with Crippen LogP contribution in [-0.4, -0.2) is 16.8 Å². The molecule has 1 aromatic rings. The van der Waals surface area contributed by atoms with E-state index in [2.05, 4.69) is 28.1 Å². The van der Waals surface area contributed by atoms with Gasteiger partial charge >= 0.3 is 0 Å². The van der Waals surface area contributed by atoms with Crippen LogP contribution in [0, 0.1) is 0 Å². The Labute approximate surface area is 104 Å². The average Bonchev–Trinajstić information content (AvgIpc) is 3.11. The SMILES string of the molecule is OC1(Cc2ccc(OC3CC3)c(Br)c2)CC1. The Balaban J connectivity index is 1.73. The molecule has 2 fully saturated rings. The highest BCUT2D eigenvalue weighted by atomic mass is 79.9. The first-order valence-electron chi connectivity index (χ1n) is 5.82. The van der Waals surface area contributed by atoms with Crippen LogP contribution in [-0.2, 0) is 6.42 Å². The molecule has 2 saturated carbocycles. The Bertz CT molecular complexity index is 408. The molecule has 0 saturated heterocycles. The maximum absolute atomic E-state index is 9.85. The maximum Gasteiger partial charge on any atom is 0.133 e. The van der Waals surface area contributed by atoms with Gasteiger partial charge in [-0.2, -0.15) is 0 Å². The number of ether oxygens (including phenoxy) is 1. The predicted molar refractivity (Wildman–Crippen MR) is 65.7 cm³/mol. The summed E-state index contributed by atoms with van der Waals surface area (Å²) >= 11 is 3.52. The number of hydrogen-bond acceptors (Lipinski definition) is 2. The number of aliphatic hydroxyl groups is 1. The lowest BCUT2D eigenvalue weighted by Gasteiger charge is -2.11. The summed E-state index contributed by atoms with van der Waals surface area (Å²) in [6.45, 7) is 0. The Kier molecular flexibility index (Phi) is 2.48. The lowest BCUT2D eigenvalue weighted by molar-refractivity contribution is 0.151. The lowest BCUT2D eigenvalue weighted by Crippen LogP contribution is -2.10. The second-order valence-corrected chi connectivity index (χ2v) is 5.84. The van der Waals surface area contributed by atoms with E-state index in [-0.39, 0.29) is 0 Å². The van der Waals surface area contributed by atoms with E-state index in [1.807, 2.05) is 6.07 Å². The summed E-state index contributed by atoms with van der Waals surface area (Å²) in [6, 6.07) is 6.12. The molecule has 1 aromatic carbocycles. The fourth-order valence-corrected chi connectivity index (χ4v) is 2.34. The largest absolute Gasteiger partial charge is 0.489 e. The van der Waals surface area contributed by atoms with Crippen molar-refractivity contribution in [2.45, 2.75) is 43.8 Å². The minimum Gasteiger partial charge on any atom is -0.489 e. The van der Waals surface area contributed by atoms with Gasteiger partial charge in [0.05, 0.1) is 16.2 Å². The van der Waals surface area contributed by atoms with Crippen LogP contribution in [0.25, 0.3) is 0 Å². The molecule has 0 radical (unpaired) electrons. The standard InChI is InChI=1S/C13H15BrO2/c14-11-7-9(8-13(15)5-6-13)1-4-12(11)16-10-2-3-10/h1,4,7,10,15H,2-3,5-6,8H2. The van der Waals surface area contributed by atoms with E-state index < -0.39 is 5.60 Å². The molecule has 2 aliphatic rings. The van der Waals surface area contributed by atoms with Crippen LogP contribution in [0.4, 0.5) is 0 Å².